The van der Waals surface area contributed by atoms with Crippen LogP contribution >= 0.6 is 0 Å². The third kappa shape index (κ3) is 3.37. The molecule has 24 heavy (non-hydrogen) atoms. The third-order valence-corrected chi connectivity index (χ3v) is 3.38. The molecule has 1 aromatic heterocycles. The Kier molecular flexibility index (Phi) is 5.51. The van der Waals surface area contributed by atoms with E-state index in [2.05, 4.69) is 10.4 Å². The van der Waals surface area contributed by atoms with Crippen LogP contribution in [0.1, 0.15) is 30.8 Å². The zero-order chi connectivity index (χ0) is 17.7. The molecule has 0 aliphatic heterocycles. The van der Waals surface area contributed by atoms with Crippen LogP contribution in [0, 0.1) is 0 Å². The van der Waals surface area contributed by atoms with E-state index in [0.717, 1.165) is 9.25 Å². The zero-order valence-electron chi connectivity index (χ0n) is 13.9. The Morgan fingerprint density at radius 1 is 1.21 bits per heavy atom. The highest BCUT2D eigenvalue weighted by Gasteiger charge is 2.19. The summed E-state index contributed by atoms with van der Waals surface area (Å²) in [7, 11) is 1.54. The fourth-order valence-corrected chi connectivity index (χ4v) is 2.21. The lowest BCUT2D eigenvalue weighted by atomic mass is 10.3. The molecular formula is C16H20N4O4. The number of hydrogen-bond acceptors (Lipinski definition) is 5. The first-order valence-electron chi connectivity index (χ1n) is 7.70. The van der Waals surface area contributed by atoms with Crippen LogP contribution in [-0.4, -0.2) is 33.9 Å². The van der Waals surface area contributed by atoms with Gasteiger partial charge < -0.3 is 10.1 Å². The van der Waals surface area contributed by atoms with Crippen molar-refractivity contribution in [3.05, 3.63) is 50.8 Å². The number of amides is 1. The second-order valence-corrected chi connectivity index (χ2v) is 5.06. The van der Waals surface area contributed by atoms with Crippen molar-refractivity contribution in [1.29, 1.82) is 0 Å². The summed E-state index contributed by atoms with van der Waals surface area (Å²) in [4.78, 5) is 37.0. The number of benzene rings is 1. The molecule has 1 aromatic carbocycles. The van der Waals surface area contributed by atoms with Crippen molar-refractivity contribution in [2.75, 3.05) is 13.7 Å². The Bertz CT molecular complexity index is 837. The minimum absolute atomic E-state index is 0.211. The zero-order valence-corrected chi connectivity index (χ0v) is 13.9. The number of rotatable bonds is 6. The second-order valence-electron chi connectivity index (χ2n) is 5.06. The highest BCUT2D eigenvalue weighted by atomic mass is 16.5. The van der Waals surface area contributed by atoms with E-state index < -0.39 is 17.2 Å². The standard InChI is InChI=1S/C16H20N4O4/c1-4-10-19-15(22)13(14(21)17-5-2)18-20(16(19)23)11-6-8-12(24-3)9-7-11/h6-9H,4-5,10H2,1-3H3,(H,17,21). The summed E-state index contributed by atoms with van der Waals surface area (Å²) in [5.41, 5.74) is -1.13. The van der Waals surface area contributed by atoms with Crippen molar-refractivity contribution in [1.82, 2.24) is 19.7 Å². The van der Waals surface area contributed by atoms with Gasteiger partial charge in [0.25, 0.3) is 11.5 Å². The van der Waals surface area contributed by atoms with Crippen molar-refractivity contribution in [2.45, 2.75) is 26.8 Å². The van der Waals surface area contributed by atoms with Crippen molar-refractivity contribution in [2.24, 2.45) is 0 Å². The molecule has 2 rings (SSSR count). The number of carbonyl (C=O) groups is 1. The summed E-state index contributed by atoms with van der Waals surface area (Å²) in [6.45, 7) is 4.15. The van der Waals surface area contributed by atoms with Crippen molar-refractivity contribution in [3.8, 4) is 11.4 Å². The number of ether oxygens (including phenoxy) is 1. The van der Waals surface area contributed by atoms with E-state index in [1.165, 1.54) is 7.11 Å². The molecule has 1 heterocycles. The normalized spacial score (nSPS) is 10.5. The summed E-state index contributed by atoms with van der Waals surface area (Å²) in [5.74, 6) is 0.0206. The first kappa shape index (κ1) is 17.5. The van der Waals surface area contributed by atoms with Gasteiger partial charge in [0.15, 0.2) is 0 Å². The highest BCUT2D eigenvalue weighted by Crippen LogP contribution is 2.12. The van der Waals surface area contributed by atoms with Gasteiger partial charge in [-0.3, -0.25) is 14.2 Å². The highest BCUT2D eigenvalue weighted by molar-refractivity contribution is 5.91. The van der Waals surface area contributed by atoms with Gasteiger partial charge in [-0.1, -0.05) is 6.92 Å². The maximum atomic E-state index is 12.6. The van der Waals surface area contributed by atoms with E-state index in [-0.39, 0.29) is 12.2 Å². The fraction of sp³-hybridized carbons (Fsp3) is 0.375. The molecule has 2 aromatic rings. The smallest absolute Gasteiger partial charge is 0.352 e. The minimum Gasteiger partial charge on any atom is -0.497 e. The van der Waals surface area contributed by atoms with E-state index in [9.17, 15) is 14.4 Å². The SMILES string of the molecule is CCCn1c(=O)c(C(=O)NCC)nn(-c2ccc(OC)cc2)c1=O. The predicted octanol–water partition coefficient (Wildman–Crippen LogP) is 0.562. The van der Waals surface area contributed by atoms with Crippen LogP contribution in [0.3, 0.4) is 0 Å². The average molecular weight is 332 g/mol. The van der Waals surface area contributed by atoms with Crippen LogP contribution in [0.15, 0.2) is 33.9 Å². The molecule has 0 radical (unpaired) electrons. The molecule has 0 aliphatic rings. The first-order valence-corrected chi connectivity index (χ1v) is 7.70. The molecule has 0 fully saturated rings. The molecule has 0 saturated carbocycles. The lowest BCUT2D eigenvalue weighted by Crippen LogP contribution is -2.45. The molecule has 128 valence electrons. The molecule has 0 atom stereocenters. The lowest BCUT2D eigenvalue weighted by molar-refractivity contribution is 0.0946. The maximum Gasteiger partial charge on any atom is 0.352 e. The van der Waals surface area contributed by atoms with E-state index >= 15 is 0 Å². The van der Waals surface area contributed by atoms with Gasteiger partial charge in [-0.25, -0.2) is 4.79 Å². The Balaban J connectivity index is 2.67. The number of methoxy groups -OCH3 is 1. The number of carbonyl (C=O) groups excluding carboxylic acids is 1. The van der Waals surface area contributed by atoms with Gasteiger partial charge in [0.2, 0.25) is 5.69 Å². The van der Waals surface area contributed by atoms with Gasteiger partial charge in [0, 0.05) is 13.1 Å². The van der Waals surface area contributed by atoms with Gasteiger partial charge >= 0.3 is 5.69 Å². The predicted molar refractivity (Wildman–Crippen MR) is 88.9 cm³/mol. The Morgan fingerprint density at radius 3 is 2.42 bits per heavy atom. The third-order valence-electron chi connectivity index (χ3n) is 3.38. The van der Waals surface area contributed by atoms with Gasteiger partial charge in [0.05, 0.1) is 12.8 Å². The summed E-state index contributed by atoms with van der Waals surface area (Å²) >= 11 is 0. The van der Waals surface area contributed by atoms with Crippen LogP contribution in [0.25, 0.3) is 5.69 Å². The van der Waals surface area contributed by atoms with E-state index in [1.807, 2.05) is 6.92 Å². The Labute approximate surface area is 138 Å². The summed E-state index contributed by atoms with van der Waals surface area (Å²) in [6.07, 6.45) is 0.580. The number of aromatic nitrogens is 3. The van der Waals surface area contributed by atoms with Crippen LogP contribution < -0.4 is 21.3 Å². The first-order chi connectivity index (χ1) is 11.5. The molecule has 0 spiro atoms. The maximum absolute atomic E-state index is 12.6. The fourth-order valence-electron chi connectivity index (χ4n) is 2.21. The summed E-state index contributed by atoms with van der Waals surface area (Å²) in [6, 6.07) is 6.61. The molecule has 8 heteroatoms. The minimum atomic E-state index is -0.683. The summed E-state index contributed by atoms with van der Waals surface area (Å²) in [5, 5.41) is 6.52. The van der Waals surface area contributed by atoms with Crippen LogP contribution in [0.2, 0.25) is 0 Å². The van der Waals surface area contributed by atoms with Crippen molar-refractivity contribution < 1.29 is 9.53 Å². The molecule has 0 aliphatic carbocycles. The van der Waals surface area contributed by atoms with E-state index in [0.29, 0.717) is 24.4 Å². The van der Waals surface area contributed by atoms with Gasteiger partial charge in [0.1, 0.15) is 5.75 Å². The van der Waals surface area contributed by atoms with Gasteiger partial charge in [-0.2, -0.15) is 9.78 Å². The Hall–Kier alpha value is -2.90. The molecule has 0 saturated heterocycles. The van der Waals surface area contributed by atoms with E-state index in [1.54, 1.807) is 31.2 Å². The number of hydrogen-bond donors (Lipinski definition) is 1. The van der Waals surface area contributed by atoms with Crippen LogP contribution in [-0.2, 0) is 6.54 Å². The monoisotopic (exact) mass is 332 g/mol. The van der Waals surface area contributed by atoms with Crippen molar-refractivity contribution in [3.63, 3.8) is 0 Å². The molecule has 8 nitrogen and oxygen atoms in total. The van der Waals surface area contributed by atoms with E-state index in [4.69, 9.17) is 4.74 Å². The lowest BCUT2D eigenvalue weighted by Gasteiger charge is -2.11. The topological polar surface area (TPSA) is 95.2 Å². The average Bonchev–Trinajstić information content (AvgIpc) is 2.59. The van der Waals surface area contributed by atoms with Crippen molar-refractivity contribution >= 4 is 5.91 Å². The quantitative estimate of drug-likeness (QED) is 0.834. The van der Waals surface area contributed by atoms with Gasteiger partial charge in [-0.15, -0.1) is 0 Å². The molecule has 0 bridgehead atoms. The number of nitrogens with one attached hydrogen (secondary N) is 1. The molecular weight excluding hydrogens is 312 g/mol. The molecule has 1 amide bonds. The molecule has 1 N–H and O–H groups in total. The largest absolute Gasteiger partial charge is 0.497 e. The number of nitrogens with zero attached hydrogens (tertiary/aromatic N) is 3. The molecule has 0 unspecified atom stereocenters. The van der Waals surface area contributed by atoms with Crippen LogP contribution in [0.5, 0.6) is 5.75 Å². The van der Waals surface area contributed by atoms with Crippen LogP contribution in [0.4, 0.5) is 0 Å². The second kappa shape index (κ2) is 7.58. The Morgan fingerprint density at radius 2 is 1.88 bits per heavy atom. The summed E-state index contributed by atoms with van der Waals surface area (Å²) < 4.78 is 7.17. The van der Waals surface area contributed by atoms with Gasteiger partial charge in [-0.05, 0) is 37.6 Å².